The number of hydrogen-bond acceptors (Lipinski definition) is 4. The number of nitrogens with two attached hydrogens (primary N) is 1. The molecule has 0 spiro atoms. The van der Waals surface area contributed by atoms with Crippen molar-refractivity contribution in [2.45, 2.75) is 25.4 Å². The van der Waals surface area contributed by atoms with Gasteiger partial charge in [0.1, 0.15) is 6.10 Å². The van der Waals surface area contributed by atoms with Gasteiger partial charge in [0.2, 0.25) is 0 Å². The van der Waals surface area contributed by atoms with Crippen LogP contribution in [-0.4, -0.2) is 21.2 Å². The Morgan fingerprint density at radius 3 is 3.19 bits per heavy atom. The summed E-state index contributed by atoms with van der Waals surface area (Å²) in [6, 6.07) is 1.97. The fourth-order valence-corrected chi connectivity index (χ4v) is 2.04. The molecule has 5 heteroatoms. The molecular weight excluding hydrogens is 204 g/mol. The van der Waals surface area contributed by atoms with Gasteiger partial charge in [-0.05, 0) is 19.3 Å². The summed E-state index contributed by atoms with van der Waals surface area (Å²) in [6.45, 7) is 0.827. The summed E-state index contributed by atoms with van der Waals surface area (Å²) in [5.74, 6) is 0. The first-order valence-corrected chi connectivity index (χ1v) is 5.55. The summed E-state index contributed by atoms with van der Waals surface area (Å²) in [6.07, 6.45) is 6.93. The van der Waals surface area contributed by atoms with Crippen molar-refractivity contribution in [3.05, 3.63) is 24.2 Å². The summed E-state index contributed by atoms with van der Waals surface area (Å²) >= 11 is 0. The van der Waals surface area contributed by atoms with E-state index in [0.717, 1.165) is 30.8 Å². The van der Waals surface area contributed by atoms with Crippen molar-refractivity contribution >= 4 is 11.3 Å². The predicted octanol–water partition coefficient (Wildman–Crippen LogP) is 1.55. The largest absolute Gasteiger partial charge is 0.396 e. The highest BCUT2D eigenvalue weighted by Crippen LogP contribution is 2.27. The van der Waals surface area contributed by atoms with Crippen molar-refractivity contribution in [3.8, 4) is 0 Å². The van der Waals surface area contributed by atoms with Gasteiger partial charge in [-0.1, -0.05) is 0 Å². The highest BCUT2D eigenvalue weighted by molar-refractivity contribution is 5.44. The van der Waals surface area contributed by atoms with E-state index < -0.39 is 0 Å². The highest BCUT2D eigenvalue weighted by atomic mass is 16.5. The van der Waals surface area contributed by atoms with Gasteiger partial charge in [0.25, 0.3) is 0 Å². The van der Waals surface area contributed by atoms with Gasteiger partial charge in [-0.15, -0.1) is 0 Å². The Kier molecular flexibility index (Phi) is 2.25. The topological polar surface area (TPSA) is 65.4 Å². The summed E-state index contributed by atoms with van der Waals surface area (Å²) in [5.41, 5.74) is 8.05. The molecule has 1 saturated heterocycles. The molecule has 16 heavy (non-hydrogen) atoms. The molecule has 0 saturated carbocycles. The van der Waals surface area contributed by atoms with Crippen molar-refractivity contribution in [2.24, 2.45) is 0 Å². The lowest BCUT2D eigenvalue weighted by Gasteiger charge is -2.20. The van der Waals surface area contributed by atoms with Crippen molar-refractivity contribution in [2.75, 3.05) is 12.3 Å². The molecule has 1 fully saturated rings. The SMILES string of the molecule is Nc1cnc2cc(C3CCCCO3)nn2c1. The number of nitrogens with zero attached hydrogens (tertiary/aromatic N) is 3. The fraction of sp³-hybridized carbons (Fsp3) is 0.455. The lowest BCUT2D eigenvalue weighted by Crippen LogP contribution is -2.11. The standard InChI is InChI=1S/C11H14N4O/c12-8-6-13-11-5-9(14-15(11)7-8)10-3-1-2-4-16-10/h5-7,10H,1-4,12H2. The fourth-order valence-electron chi connectivity index (χ4n) is 2.04. The number of fused-ring (bicyclic) bond motifs is 1. The van der Waals surface area contributed by atoms with Gasteiger partial charge < -0.3 is 10.5 Å². The second kappa shape index (κ2) is 3.75. The van der Waals surface area contributed by atoms with E-state index in [2.05, 4.69) is 10.1 Å². The molecule has 3 heterocycles. The number of aromatic nitrogens is 3. The molecule has 84 valence electrons. The molecular formula is C11H14N4O. The van der Waals surface area contributed by atoms with Gasteiger partial charge in [-0.2, -0.15) is 5.10 Å². The van der Waals surface area contributed by atoms with Crippen LogP contribution in [0.4, 0.5) is 5.69 Å². The number of ether oxygens (including phenoxy) is 1. The van der Waals surface area contributed by atoms with Crippen LogP contribution in [0.5, 0.6) is 0 Å². The molecule has 1 atom stereocenters. The molecule has 1 aliphatic heterocycles. The molecule has 0 aromatic carbocycles. The van der Waals surface area contributed by atoms with Crippen LogP contribution in [0.15, 0.2) is 18.5 Å². The Morgan fingerprint density at radius 1 is 1.44 bits per heavy atom. The van der Waals surface area contributed by atoms with Crippen LogP contribution in [0.25, 0.3) is 5.65 Å². The van der Waals surface area contributed by atoms with E-state index in [1.165, 1.54) is 6.42 Å². The van der Waals surface area contributed by atoms with E-state index in [-0.39, 0.29) is 6.10 Å². The number of anilines is 1. The molecule has 2 aromatic rings. The third-order valence-electron chi connectivity index (χ3n) is 2.86. The van der Waals surface area contributed by atoms with Crippen LogP contribution < -0.4 is 5.73 Å². The van der Waals surface area contributed by atoms with Crippen LogP contribution in [0.1, 0.15) is 31.1 Å². The molecule has 0 aliphatic carbocycles. The second-order valence-electron chi connectivity index (χ2n) is 4.11. The summed E-state index contributed by atoms with van der Waals surface area (Å²) in [5, 5.41) is 4.45. The highest BCUT2D eigenvalue weighted by Gasteiger charge is 2.19. The minimum atomic E-state index is 0.122. The van der Waals surface area contributed by atoms with Gasteiger partial charge in [0, 0.05) is 12.7 Å². The Balaban J connectivity index is 1.97. The predicted molar refractivity (Wildman–Crippen MR) is 59.9 cm³/mol. The van der Waals surface area contributed by atoms with E-state index in [0.29, 0.717) is 5.69 Å². The lowest BCUT2D eigenvalue weighted by molar-refractivity contribution is 0.0122. The average Bonchev–Trinajstić information content (AvgIpc) is 2.73. The molecule has 5 nitrogen and oxygen atoms in total. The molecule has 0 bridgehead atoms. The second-order valence-corrected chi connectivity index (χ2v) is 4.11. The molecule has 1 unspecified atom stereocenters. The zero-order chi connectivity index (χ0) is 11.0. The van der Waals surface area contributed by atoms with Gasteiger partial charge in [-0.3, -0.25) is 0 Å². The summed E-state index contributed by atoms with van der Waals surface area (Å²) < 4.78 is 7.40. The zero-order valence-corrected chi connectivity index (χ0v) is 8.97. The van der Waals surface area contributed by atoms with Crippen LogP contribution in [0.2, 0.25) is 0 Å². The van der Waals surface area contributed by atoms with E-state index in [9.17, 15) is 0 Å². The van der Waals surface area contributed by atoms with Gasteiger partial charge in [0.05, 0.1) is 23.8 Å². The van der Waals surface area contributed by atoms with Crippen LogP contribution in [0, 0.1) is 0 Å². The Hall–Kier alpha value is -1.62. The maximum Gasteiger partial charge on any atom is 0.155 e. The van der Waals surface area contributed by atoms with Crippen molar-refractivity contribution in [1.29, 1.82) is 0 Å². The number of rotatable bonds is 1. The zero-order valence-electron chi connectivity index (χ0n) is 8.97. The third-order valence-corrected chi connectivity index (χ3v) is 2.86. The first-order chi connectivity index (χ1) is 7.83. The number of nitrogen functional groups attached to an aromatic ring is 1. The van der Waals surface area contributed by atoms with Gasteiger partial charge in [0.15, 0.2) is 5.65 Å². The molecule has 2 aromatic heterocycles. The molecule has 3 rings (SSSR count). The summed E-state index contributed by atoms with van der Waals surface area (Å²) in [7, 11) is 0. The molecule has 0 amide bonds. The van der Waals surface area contributed by atoms with Crippen molar-refractivity contribution in [3.63, 3.8) is 0 Å². The quantitative estimate of drug-likeness (QED) is 0.788. The third kappa shape index (κ3) is 1.63. The van der Waals surface area contributed by atoms with E-state index in [1.807, 2.05) is 6.07 Å². The minimum absolute atomic E-state index is 0.122. The Bertz CT molecular complexity index is 502. The normalized spacial score (nSPS) is 21.4. The smallest absolute Gasteiger partial charge is 0.155 e. The molecule has 0 radical (unpaired) electrons. The van der Waals surface area contributed by atoms with Crippen LogP contribution in [-0.2, 0) is 4.74 Å². The van der Waals surface area contributed by atoms with E-state index in [4.69, 9.17) is 10.5 Å². The molecule has 2 N–H and O–H groups in total. The van der Waals surface area contributed by atoms with Crippen molar-refractivity contribution < 1.29 is 4.74 Å². The Labute approximate surface area is 93.2 Å². The van der Waals surface area contributed by atoms with Crippen LogP contribution >= 0.6 is 0 Å². The van der Waals surface area contributed by atoms with Crippen molar-refractivity contribution in [1.82, 2.24) is 14.6 Å². The maximum absolute atomic E-state index is 5.69. The van der Waals surface area contributed by atoms with E-state index >= 15 is 0 Å². The Morgan fingerprint density at radius 2 is 2.38 bits per heavy atom. The van der Waals surface area contributed by atoms with Gasteiger partial charge in [-0.25, -0.2) is 9.50 Å². The minimum Gasteiger partial charge on any atom is -0.396 e. The monoisotopic (exact) mass is 218 g/mol. The van der Waals surface area contributed by atoms with Crippen LogP contribution in [0.3, 0.4) is 0 Å². The van der Waals surface area contributed by atoms with E-state index in [1.54, 1.807) is 16.9 Å². The first kappa shape index (κ1) is 9.59. The van der Waals surface area contributed by atoms with Gasteiger partial charge >= 0.3 is 0 Å². The summed E-state index contributed by atoms with van der Waals surface area (Å²) in [4.78, 5) is 4.22. The molecule has 1 aliphatic rings. The average molecular weight is 218 g/mol. The maximum atomic E-state index is 5.69. The lowest BCUT2D eigenvalue weighted by atomic mass is 10.1. The first-order valence-electron chi connectivity index (χ1n) is 5.55. The number of hydrogen-bond donors (Lipinski definition) is 1.